The second kappa shape index (κ2) is 8.10. The number of carboxylic acid groups (broad SMARTS) is 1. The van der Waals surface area contributed by atoms with Crippen molar-refractivity contribution in [1.82, 2.24) is 0 Å². The van der Waals surface area contributed by atoms with Crippen LogP contribution in [0.25, 0.3) is 0 Å². The third-order valence-corrected chi connectivity index (χ3v) is 10.4. The van der Waals surface area contributed by atoms with E-state index in [2.05, 4.69) is 26.8 Å². The molecular formula is C27H42O3. The summed E-state index contributed by atoms with van der Waals surface area (Å²) >= 11 is 0. The molecule has 0 radical (unpaired) electrons. The number of ketones is 1. The lowest BCUT2D eigenvalue weighted by Crippen LogP contribution is -2.49. The van der Waals surface area contributed by atoms with Gasteiger partial charge in [0.1, 0.15) is 5.78 Å². The standard InChI is InChI=1S/C27H42O3/c1-17(6-5-7-18(2)25(29)30)22-10-11-23-21-9-8-19-16-20(28)12-14-26(19,3)24(21)13-15-27(22,23)4/h9,17-19,22-24H,5-8,10-16H2,1-4H3,(H,29,30)/t17?,18-,19-,22+,23?,24?,26-,27+/m0/s1. The maximum absolute atomic E-state index is 12.1. The summed E-state index contributed by atoms with van der Waals surface area (Å²) in [7, 11) is 0. The van der Waals surface area contributed by atoms with E-state index >= 15 is 0 Å². The summed E-state index contributed by atoms with van der Waals surface area (Å²) in [4.78, 5) is 23.2. The zero-order valence-corrected chi connectivity index (χ0v) is 19.6. The Morgan fingerprint density at radius 1 is 1.10 bits per heavy atom. The molecule has 1 N–H and O–H groups in total. The quantitative estimate of drug-likeness (QED) is 0.494. The Labute approximate surface area is 183 Å². The number of hydrogen-bond acceptors (Lipinski definition) is 2. The number of rotatable bonds is 6. The lowest BCUT2D eigenvalue weighted by atomic mass is 9.47. The zero-order chi connectivity index (χ0) is 21.7. The number of carbonyl (C=O) groups excluding carboxylic acids is 1. The Hall–Kier alpha value is -1.12. The van der Waals surface area contributed by atoms with Gasteiger partial charge in [0.2, 0.25) is 0 Å². The number of Topliss-reactive ketones (excluding diaryl/α,β-unsaturated/α-hetero) is 1. The Kier molecular flexibility index (Phi) is 5.96. The van der Waals surface area contributed by atoms with Gasteiger partial charge < -0.3 is 5.11 Å². The molecule has 0 amide bonds. The Morgan fingerprint density at radius 2 is 1.83 bits per heavy atom. The summed E-state index contributed by atoms with van der Waals surface area (Å²) in [6.45, 7) is 9.34. The second-order valence-corrected chi connectivity index (χ2v) is 11.9. The van der Waals surface area contributed by atoms with Crippen molar-refractivity contribution in [2.75, 3.05) is 0 Å². The van der Waals surface area contributed by atoms with E-state index in [0.717, 1.165) is 56.8 Å². The fraction of sp³-hybridized carbons (Fsp3) is 0.852. The second-order valence-electron chi connectivity index (χ2n) is 11.9. The molecule has 3 fully saturated rings. The molecular weight excluding hydrogens is 372 g/mol. The topological polar surface area (TPSA) is 54.4 Å². The highest BCUT2D eigenvalue weighted by Crippen LogP contribution is 2.66. The summed E-state index contributed by atoms with van der Waals surface area (Å²) in [5.74, 6) is 3.06. The maximum atomic E-state index is 12.1. The van der Waals surface area contributed by atoms with Crippen molar-refractivity contribution in [1.29, 1.82) is 0 Å². The van der Waals surface area contributed by atoms with Gasteiger partial charge in [0.15, 0.2) is 0 Å². The van der Waals surface area contributed by atoms with E-state index in [4.69, 9.17) is 5.11 Å². The average Bonchev–Trinajstić information content (AvgIpc) is 3.05. The van der Waals surface area contributed by atoms with E-state index in [1.807, 2.05) is 6.92 Å². The van der Waals surface area contributed by atoms with Gasteiger partial charge >= 0.3 is 5.97 Å². The lowest BCUT2D eigenvalue weighted by molar-refractivity contribution is -0.141. The summed E-state index contributed by atoms with van der Waals surface area (Å²) < 4.78 is 0. The molecule has 0 aromatic carbocycles. The van der Waals surface area contributed by atoms with Crippen molar-refractivity contribution < 1.29 is 14.7 Å². The molecule has 4 aliphatic carbocycles. The average molecular weight is 415 g/mol. The summed E-state index contributed by atoms with van der Waals surface area (Å²) in [6.07, 6.45) is 14.7. The summed E-state index contributed by atoms with van der Waals surface area (Å²) in [5.41, 5.74) is 2.52. The molecule has 3 unspecified atom stereocenters. The van der Waals surface area contributed by atoms with E-state index in [1.54, 1.807) is 5.57 Å². The van der Waals surface area contributed by atoms with Crippen LogP contribution in [0, 0.1) is 46.3 Å². The molecule has 0 bridgehead atoms. The number of fused-ring (bicyclic) bond motifs is 5. The third kappa shape index (κ3) is 3.58. The Balaban J connectivity index is 1.46. The minimum Gasteiger partial charge on any atom is -0.481 e. The van der Waals surface area contributed by atoms with Gasteiger partial charge in [-0.15, -0.1) is 0 Å². The van der Waals surface area contributed by atoms with Crippen molar-refractivity contribution in [3.05, 3.63) is 11.6 Å². The number of hydrogen-bond donors (Lipinski definition) is 1. The van der Waals surface area contributed by atoms with Crippen LogP contribution in [0.4, 0.5) is 0 Å². The predicted octanol–water partition coefficient (Wildman–Crippen LogP) is 6.66. The van der Waals surface area contributed by atoms with Gasteiger partial charge in [0, 0.05) is 12.8 Å². The number of aliphatic carboxylic acids is 1. The minimum absolute atomic E-state index is 0.219. The third-order valence-electron chi connectivity index (χ3n) is 10.4. The van der Waals surface area contributed by atoms with Crippen LogP contribution in [0.3, 0.4) is 0 Å². The molecule has 3 heteroatoms. The van der Waals surface area contributed by atoms with Crippen molar-refractivity contribution >= 4 is 11.8 Å². The van der Waals surface area contributed by atoms with Crippen LogP contribution in [-0.2, 0) is 9.59 Å². The SMILES string of the molecule is CC(CCC[C@H](C)C(=O)O)[C@H]1CCC2C3=CC[C@H]4CC(=O)CC[C@]4(C)C3CC[C@@]21C. The molecule has 0 aromatic rings. The van der Waals surface area contributed by atoms with Crippen LogP contribution in [0.15, 0.2) is 11.6 Å². The molecule has 8 atom stereocenters. The first-order chi connectivity index (χ1) is 14.2. The fourth-order valence-corrected chi connectivity index (χ4v) is 8.35. The van der Waals surface area contributed by atoms with E-state index in [9.17, 15) is 9.59 Å². The molecule has 30 heavy (non-hydrogen) atoms. The molecule has 3 saturated carbocycles. The summed E-state index contributed by atoms with van der Waals surface area (Å²) in [6, 6.07) is 0. The van der Waals surface area contributed by atoms with Crippen molar-refractivity contribution in [2.45, 2.75) is 98.3 Å². The first kappa shape index (κ1) is 22.1. The van der Waals surface area contributed by atoms with E-state index < -0.39 is 5.97 Å². The van der Waals surface area contributed by atoms with Crippen LogP contribution in [0.5, 0.6) is 0 Å². The van der Waals surface area contributed by atoms with Gasteiger partial charge in [0.05, 0.1) is 5.92 Å². The van der Waals surface area contributed by atoms with E-state index in [-0.39, 0.29) is 5.92 Å². The van der Waals surface area contributed by atoms with Gasteiger partial charge in [-0.3, -0.25) is 9.59 Å². The predicted molar refractivity (Wildman–Crippen MR) is 120 cm³/mol. The van der Waals surface area contributed by atoms with Crippen molar-refractivity contribution in [3.8, 4) is 0 Å². The van der Waals surface area contributed by atoms with Crippen LogP contribution in [0.1, 0.15) is 98.3 Å². The first-order valence-electron chi connectivity index (χ1n) is 12.6. The number of carbonyl (C=O) groups is 2. The van der Waals surface area contributed by atoms with Gasteiger partial charge in [-0.1, -0.05) is 52.2 Å². The Bertz CT molecular complexity index is 724. The maximum Gasteiger partial charge on any atom is 0.306 e. The highest BCUT2D eigenvalue weighted by Gasteiger charge is 2.58. The zero-order valence-electron chi connectivity index (χ0n) is 19.6. The molecule has 168 valence electrons. The van der Waals surface area contributed by atoms with Gasteiger partial charge in [-0.05, 0) is 85.4 Å². The minimum atomic E-state index is -0.658. The van der Waals surface area contributed by atoms with Crippen LogP contribution in [0.2, 0.25) is 0 Å². The Morgan fingerprint density at radius 3 is 2.57 bits per heavy atom. The number of carboxylic acids is 1. The van der Waals surface area contributed by atoms with Crippen molar-refractivity contribution in [3.63, 3.8) is 0 Å². The molecule has 0 heterocycles. The molecule has 4 aliphatic rings. The van der Waals surface area contributed by atoms with E-state index in [1.165, 1.54) is 25.7 Å². The van der Waals surface area contributed by atoms with E-state index in [0.29, 0.717) is 34.4 Å². The molecule has 3 nitrogen and oxygen atoms in total. The van der Waals surface area contributed by atoms with Gasteiger partial charge in [-0.25, -0.2) is 0 Å². The molecule has 0 spiro atoms. The number of allylic oxidation sites excluding steroid dienone is 2. The highest BCUT2D eigenvalue weighted by molar-refractivity contribution is 5.79. The molecule has 0 saturated heterocycles. The smallest absolute Gasteiger partial charge is 0.306 e. The van der Waals surface area contributed by atoms with Gasteiger partial charge in [0.25, 0.3) is 0 Å². The normalized spacial score (nSPS) is 42.5. The first-order valence-corrected chi connectivity index (χ1v) is 12.6. The monoisotopic (exact) mass is 414 g/mol. The highest BCUT2D eigenvalue weighted by atomic mass is 16.4. The largest absolute Gasteiger partial charge is 0.481 e. The lowest BCUT2D eigenvalue weighted by Gasteiger charge is -2.57. The van der Waals surface area contributed by atoms with Crippen LogP contribution >= 0.6 is 0 Å². The van der Waals surface area contributed by atoms with Crippen LogP contribution in [-0.4, -0.2) is 16.9 Å². The van der Waals surface area contributed by atoms with Gasteiger partial charge in [-0.2, -0.15) is 0 Å². The van der Waals surface area contributed by atoms with Crippen LogP contribution < -0.4 is 0 Å². The molecule has 4 rings (SSSR count). The fourth-order valence-electron chi connectivity index (χ4n) is 8.35. The molecule has 0 aromatic heterocycles. The summed E-state index contributed by atoms with van der Waals surface area (Å²) in [5, 5.41) is 9.16. The van der Waals surface area contributed by atoms with Crippen molar-refractivity contribution in [2.24, 2.45) is 46.3 Å². The molecule has 0 aliphatic heterocycles.